The number of rotatable bonds is 6. The van der Waals surface area contributed by atoms with Crippen molar-refractivity contribution in [2.45, 2.75) is 32.2 Å². The number of nitrogens with two attached hydrogens (primary N) is 1. The van der Waals surface area contributed by atoms with Crippen molar-refractivity contribution in [2.24, 2.45) is 5.73 Å². The number of nitrogens with one attached hydrogen (secondary N) is 1. The summed E-state index contributed by atoms with van der Waals surface area (Å²) in [6, 6.07) is 2.54. The molecular weight excluding hydrogens is 238 g/mol. The fourth-order valence-corrected chi connectivity index (χ4v) is 2.60. The number of hydrogen-bond donors (Lipinski definition) is 2. The quantitative estimate of drug-likeness (QED) is 0.763. The highest BCUT2D eigenvalue weighted by molar-refractivity contribution is 5.51. The van der Waals surface area contributed by atoms with Crippen LogP contribution in [-0.2, 0) is 0 Å². The highest BCUT2D eigenvalue weighted by atomic mass is 15.2. The van der Waals surface area contributed by atoms with E-state index in [0.29, 0.717) is 12.6 Å². The zero-order chi connectivity index (χ0) is 13.7. The number of nitrogens with zero attached hydrogens (tertiary/aromatic N) is 3. The van der Waals surface area contributed by atoms with E-state index in [-0.39, 0.29) is 0 Å². The molecule has 1 aromatic rings. The Balaban J connectivity index is 2.18. The van der Waals surface area contributed by atoms with Crippen LogP contribution in [-0.4, -0.2) is 35.6 Å². The summed E-state index contributed by atoms with van der Waals surface area (Å²) < 4.78 is 0. The van der Waals surface area contributed by atoms with Crippen LogP contribution in [0.2, 0.25) is 0 Å². The molecule has 19 heavy (non-hydrogen) atoms. The van der Waals surface area contributed by atoms with Gasteiger partial charge >= 0.3 is 0 Å². The summed E-state index contributed by atoms with van der Waals surface area (Å²) in [7, 11) is 0. The third kappa shape index (κ3) is 3.44. The largest absolute Gasteiger partial charge is 0.366 e. The summed E-state index contributed by atoms with van der Waals surface area (Å²) >= 11 is 0. The van der Waals surface area contributed by atoms with Gasteiger partial charge in [-0.25, -0.2) is 9.97 Å². The first kappa shape index (κ1) is 13.8. The van der Waals surface area contributed by atoms with Crippen LogP contribution in [0.5, 0.6) is 0 Å². The molecule has 5 nitrogen and oxygen atoms in total. The average Bonchev–Trinajstić information content (AvgIpc) is 2.84. The molecule has 1 fully saturated rings. The summed E-state index contributed by atoms with van der Waals surface area (Å²) in [5.74, 6) is 2.67. The lowest BCUT2D eigenvalue weighted by Crippen LogP contribution is -2.32. The van der Waals surface area contributed by atoms with Gasteiger partial charge in [-0.2, -0.15) is 0 Å². The van der Waals surface area contributed by atoms with Crippen LogP contribution in [0.4, 0.5) is 11.6 Å². The highest BCUT2D eigenvalue weighted by Crippen LogP contribution is 2.26. The third-order valence-electron chi connectivity index (χ3n) is 3.42. The van der Waals surface area contributed by atoms with Gasteiger partial charge in [0, 0.05) is 25.2 Å². The van der Waals surface area contributed by atoms with E-state index in [2.05, 4.69) is 26.8 Å². The first-order chi connectivity index (χ1) is 9.24. The molecule has 2 heterocycles. The molecule has 0 spiro atoms. The number of anilines is 2. The van der Waals surface area contributed by atoms with Crippen LogP contribution in [0.15, 0.2) is 18.7 Å². The van der Waals surface area contributed by atoms with Gasteiger partial charge in [0.15, 0.2) is 0 Å². The SMILES string of the molecule is C=CCNc1cc(N2CCCC2CCN)nc(C)n1. The Morgan fingerprint density at radius 2 is 2.42 bits per heavy atom. The maximum absolute atomic E-state index is 5.69. The molecule has 1 aliphatic rings. The minimum Gasteiger partial charge on any atom is -0.366 e. The van der Waals surface area contributed by atoms with Crippen LogP contribution < -0.4 is 16.0 Å². The monoisotopic (exact) mass is 261 g/mol. The van der Waals surface area contributed by atoms with E-state index in [1.807, 2.05) is 19.1 Å². The molecule has 1 saturated heterocycles. The topological polar surface area (TPSA) is 67.1 Å². The zero-order valence-corrected chi connectivity index (χ0v) is 11.6. The van der Waals surface area contributed by atoms with E-state index in [1.165, 1.54) is 12.8 Å². The summed E-state index contributed by atoms with van der Waals surface area (Å²) in [5, 5.41) is 3.23. The fraction of sp³-hybridized carbons (Fsp3) is 0.571. The maximum atomic E-state index is 5.69. The van der Waals surface area contributed by atoms with Crippen LogP contribution in [0.3, 0.4) is 0 Å². The second-order valence-electron chi connectivity index (χ2n) is 4.89. The lowest BCUT2D eigenvalue weighted by atomic mass is 10.1. The average molecular weight is 261 g/mol. The van der Waals surface area contributed by atoms with Crippen molar-refractivity contribution < 1.29 is 0 Å². The molecule has 1 unspecified atom stereocenters. The van der Waals surface area contributed by atoms with Crippen molar-refractivity contribution in [1.82, 2.24) is 9.97 Å². The standard InChI is InChI=1S/C14H23N5/c1-3-8-16-13-10-14(18-11(2)17-13)19-9-4-5-12(19)6-7-15/h3,10,12H,1,4-9,15H2,2H3,(H,16,17,18). The van der Waals surface area contributed by atoms with E-state index in [4.69, 9.17) is 5.73 Å². The van der Waals surface area contributed by atoms with Gasteiger partial charge in [0.2, 0.25) is 0 Å². The number of aryl methyl sites for hydroxylation is 1. The molecule has 0 amide bonds. The molecule has 5 heteroatoms. The Hall–Kier alpha value is -1.62. The van der Waals surface area contributed by atoms with Gasteiger partial charge in [-0.1, -0.05) is 6.08 Å². The van der Waals surface area contributed by atoms with Crippen molar-refractivity contribution in [3.63, 3.8) is 0 Å². The molecular formula is C14H23N5. The molecule has 2 rings (SSSR count). The summed E-state index contributed by atoms with van der Waals surface area (Å²) in [6.45, 7) is 8.13. The van der Waals surface area contributed by atoms with E-state index >= 15 is 0 Å². The van der Waals surface area contributed by atoms with Gasteiger partial charge in [0.05, 0.1) is 0 Å². The second kappa shape index (κ2) is 6.52. The minimum atomic E-state index is 0.520. The molecule has 1 atom stereocenters. The molecule has 0 saturated carbocycles. The Kier molecular flexibility index (Phi) is 4.74. The summed E-state index contributed by atoms with van der Waals surface area (Å²) in [4.78, 5) is 11.3. The lowest BCUT2D eigenvalue weighted by Gasteiger charge is -2.26. The first-order valence-corrected chi connectivity index (χ1v) is 6.91. The van der Waals surface area contributed by atoms with Crippen molar-refractivity contribution >= 4 is 11.6 Å². The normalized spacial score (nSPS) is 18.6. The van der Waals surface area contributed by atoms with E-state index in [0.717, 1.165) is 37.0 Å². The van der Waals surface area contributed by atoms with Crippen molar-refractivity contribution in [2.75, 3.05) is 29.9 Å². The van der Waals surface area contributed by atoms with Gasteiger partial charge in [0.1, 0.15) is 17.5 Å². The molecule has 104 valence electrons. The summed E-state index contributed by atoms with van der Waals surface area (Å²) in [5.41, 5.74) is 5.69. The summed E-state index contributed by atoms with van der Waals surface area (Å²) in [6.07, 6.45) is 5.27. The number of aromatic nitrogens is 2. The van der Waals surface area contributed by atoms with Crippen molar-refractivity contribution in [1.29, 1.82) is 0 Å². The molecule has 3 N–H and O–H groups in total. The maximum Gasteiger partial charge on any atom is 0.134 e. The Bertz CT molecular complexity index is 432. The Labute approximate surface area is 114 Å². The van der Waals surface area contributed by atoms with Gasteiger partial charge < -0.3 is 16.0 Å². The molecule has 0 radical (unpaired) electrons. The third-order valence-corrected chi connectivity index (χ3v) is 3.42. The van der Waals surface area contributed by atoms with Crippen molar-refractivity contribution in [3.8, 4) is 0 Å². The van der Waals surface area contributed by atoms with Crippen LogP contribution in [0.25, 0.3) is 0 Å². The van der Waals surface area contributed by atoms with Crippen molar-refractivity contribution in [3.05, 3.63) is 24.5 Å². The smallest absolute Gasteiger partial charge is 0.134 e. The predicted octanol–water partition coefficient (Wildman–Crippen LogP) is 1.70. The zero-order valence-electron chi connectivity index (χ0n) is 11.6. The van der Waals surface area contributed by atoms with E-state index < -0.39 is 0 Å². The van der Waals surface area contributed by atoms with Gasteiger partial charge in [-0.15, -0.1) is 6.58 Å². The molecule has 1 aliphatic heterocycles. The first-order valence-electron chi connectivity index (χ1n) is 6.91. The van der Waals surface area contributed by atoms with E-state index in [1.54, 1.807) is 0 Å². The molecule has 0 aliphatic carbocycles. The molecule has 0 bridgehead atoms. The van der Waals surface area contributed by atoms with Crippen LogP contribution >= 0.6 is 0 Å². The fourth-order valence-electron chi connectivity index (χ4n) is 2.60. The Morgan fingerprint density at radius 3 is 3.16 bits per heavy atom. The minimum absolute atomic E-state index is 0.520. The van der Waals surface area contributed by atoms with Gasteiger partial charge in [0.25, 0.3) is 0 Å². The van der Waals surface area contributed by atoms with Gasteiger partial charge in [-0.3, -0.25) is 0 Å². The molecule has 0 aromatic carbocycles. The lowest BCUT2D eigenvalue weighted by molar-refractivity contribution is 0.613. The highest BCUT2D eigenvalue weighted by Gasteiger charge is 2.25. The number of hydrogen-bond acceptors (Lipinski definition) is 5. The van der Waals surface area contributed by atoms with E-state index in [9.17, 15) is 0 Å². The molecule has 1 aromatic heterocycles. The predicted molar refractivity (Wildman–Crippen MR) is 79.5 cm³/mol. The van der Waals surface area contributed by atoms with Crippen LogP contribution in [0, 0.1) is 6.92 Å². The van der Waals surface area contributed by atoms with Crippen LogP contribution in [0.1, 0.15) is 25.1 Å². The second-order valence-corrected chi connectivity index (χ2v) is 4.89. The van der Waals surface area contributed by atoms with Gasteiger partial charge in [-0.05, 0) is 32.7 Å². The Morgan fingerprint density at radius 1 is 1.58 bits per heavy atom.